The van der Waals surface area contributed by atoms with Crippen molar-refractivity contribution in [2.75, 3.05) is 64.8 Å². The van der Waals surface area contributed by atoms with E-state index in [0.717, 1.165) is 24.6 Å². The highest BCUT2D eigenvalue weighted by molar-refractivity contribution is 8.00. The molecule has 0 spiro atoms. The van der Waals surface area contributed by atoms with E-state index < -0.39 is 23.7 Å². The quantitative estimate of drug-likeness (QED) is 0.366. The molecule has 0 aromatic carbocycles. The number of rotatable bonds is 8. The first-order chi connectivity index (χ1) is 16.7. The van der Waals surface area contributed by atoms with Gasteiger partial charge in [-0.15, -0.1) is 0 Å². The first kappa shape index (κ1) is 27.8. The van der Waals surface area contributed by atoms with Crippen LogP contribution in [0.1, 0.15) is 19.3 Å². The maximum atomic E-state index is 12.5. The van der Waals surface area contributed by atoms with Gasteiger partial charge in [-0.05, 0) is 31.7 Å². The van der Waals surface area contributed by atoms with Gasteiger partial charge in [-0.1, -0.05) is 11.8 Å². The zero-order chi connectivity index (χ0) is 25.4. The SMILES string of the molecule is N#CC1CSC(OC(=O)C(F)(F)F)N1CCNN([O-])CCC1CCN(C(=O)N2CCOCC2)CC1. The van der Waals surface area contributed by atoms with Gasteiger partial charge >= 0.3 is 18.2 Å². The van der Waals surface area contributed by atoms with E-state index in [1.807, 2.05) is 11.0 Å². The fraction of sp³-hybridized carbons (Fsp3) is 0.850. The molecule has 11 nitrogen and oxygen atoms in total. The molecule has 0 aliphatic carbocycles. The van der Waals surface area contributed by atoms with Crippen LogP contribution in [0.2, 0.25) is 0 Å². The number of nitriles is 1. The number of amides is 2. The Kier molecular flexibility index (Phi) is 10.3. The summed E-state index contributed by atoms with van der Waals surface area (Å²) in [5, 5.41) is 22.1. The van der Waals surface area contributed by atoms with Crippen LogP contribution in [0.3, 0.4) is 0 Å². The van der Waals surface area contributed by atoms with Crippen LogP contribution >= 0.6 is 11.8 Å². The van der Waals surface area contributed by atoms with Gasteiger partial charge < -0.3 is 29.7 Å². The number of nitrogens with one attached hydrogen (secondary N) is 1. The predicted octanol–water partition coefficient (Wildman–Crippen LogP) is 1.18. The van der Waals surface area contributed by atoms with Gasteiger partial charge in [-0.25, -0.2) is 14.5 Å². The number of hydrogen-bond donors (Lipinski definition) is 1. The summed E-state index contributed by atoms with van der Waals surface area (Å²) in [6.07, 6.45) is -2.86. The predicted molar refractivity (Wildman–Crippen MR) is 119 cm³/mol. The molecule has 2 atom stereocenters. The molecule has 2 amide bonds. The third-order valence-electron chi connectivity index (χ3n) is 6.22. The molecule has 0 saturated carbocycles. The summed E-state index contributed by atoms with van der Waals surface area (Å²) in [4.78, 5) is 28.7. The lowest BCUT2D eigenvalue weighted by Crippen LogP contribution is -2.50. The molecular formula is C20H30F3N6O5S-. The number of hydrazine groups is 1. The number of piperidine rings is 1. The van der Waals surface area contributed by atoms with E-state index in [0.29, 0.717) is 56.9 Å². The first-order valence-electron chi connectivity index (χ1n) is 11.5. The van der Waals surface area contributed by atoms with Crippen molar-refractivity contribution in [1.82, 2.24) is 25.3 Å². The van der Waals surface area contributed by atoms with Gasteiger partial charge in [0.15, 0.2) is 0 Å². The van der Waals surface area contributed by atoms with Crippen LogP contribution in [-0.2, 0) is 14.3 Å². The van der Waals surface area contributed by atoms with Crippen molar-refractivity contribution in [2.45, 2.75) is 37.0 Å². The molecule has 0 aromatic heterocycles. The summed E-state index contributed by atoms with van der Waals surface area (Å²) in [6, 6.07) is 1.28. The fourth-order valence-electron chi connectivity index (χ4n) is 4.19. The monoisotopic (exact) mass is 523 g/mol. The minimum atomic E-state index is -5.12. The molecule has 1 N–H and O–H groups in total. The largest absolute Gasteiger partial charge is 0.772 e. The maximum Gasteiger partial charge on any atom is 0.491 e. The number of thioether (sulfide) groups is 1. The van der Waals surface area contributed by atoms with Gasteiger partial charge in [0.05, 0.1) is 19.3 Å². The van der Waals surface area contributed by atoms with Crippen LogP contribution in [0.25, 0.3) is 0 Å². The molecule has 15 heteroatoms. The molecular weight excluding hydrogens is 493 g/mol. The summed E-state index contributed by atoms with van der Waals surface area (Å²) in [6.45, 7) is 3.96. The molecule has 198 valence electrons. The Morgan fingerprint density at radius 2 is 1.86 bits per heavy atom. The van der Waals surface area contributed by atoms with E-state index in [9.17, 15) is 33.2 Å². The topological polar surface area (TPSA) is 124 Å². The number of ether oxygens (including phenoxy) is 2. The molecule has 3 heterocycles. The molecule has 3 rings (SSSR count). The third-order valence-corrected chi connectivity index (χ3v) is 7.38. The first-order valence-corrected chi connectivity index (χ1v) is 12.6. The Bertz CT molecular complexity index is 759. The molecule has 3 fully saturated rings. The Hall–Kier alpha value is -1.83. The normalized spacial score (nSPS) is 24.6. The minimum absolute atomic E-state index is 0.0360. The van der Waals surface area contributed by atoms with Crippen molar-refractivity contribution in [2.24, 2.45) is 5.92 Å². The molecule has 3 aliphatic rings. The lowest BCUT2D eigenvalue weighted by Gasteiger charge is -2.38. The van der Waals surface area contributed by atoms with Crippen LogP contribution in [-0.4, -0.2) is 114 Å². The zero-order valence-corrected chi connectivity index (χ0v) is 20.1. The standard InChI is InChI=1S/C20H30F3N6O5S/c21-20(22,23)17(30)34-19-28(16(13-24)14-35-19)8-4-25-29(32)7-3-15-1-5-26(6-2-15)18(31)27-9-11-33-12-10-27/h15-16,19,25H,1-12,14H2/q-1. The summed E-state index contributed by atoms with van der Waals surface area (Å²) < 4.78 is 47.3. The smallest absolute Gasteiger partial charge is 0.491 e. The van der Waals surface area contributed by atoms with E-state index in [2.05, 4.69) is 10.2 Å². The molecule has 2 unspecified atom stereocenters. The highest BCUT2D eigenvalue weighted by Crippen LogP contribution is 2.31. The van der Waals surface area contributed by atoms with Gasteiger partial charge in [0.25, 0.3) is 0 Å². The van der Waals surface area contributed by atoms with Gasteiger partial charge in [-0.3, -0.25) is 5.43 Å². The van der Waals surface area contributed by atoms with E-state index >= 15 is 0 Å². The van der Waals surface area contributed by atoms with Crippen LogP contribution < -0.4 is 5.43 Å². The van der Waals surface area contributed by atoms with Gasteiger partial charge in [-0.2, -0.15) is 18.4 Å². The van der Waals surface area contributed by atoms with Crippen LogP contribution in [0.15, 0.2) is 0 Å². The summed E-state index contributed by atoms with van der Waals surface area (Å²) in [7, 11) is 0. The fourth-order valence-corrected chi connectivity index (χ4v) is 5.41. The average molecular weight is 524 g/mol. The summed E-state index contributed by atoms with van der Waals surface area (Å²) >= 11 is 0.930. The molecule has 3 saturated heterocycles. The number of hydrogen-bond acceptors (Lipinski definition) is 10. The number of alkyl halides is 3. The molecule has 35 heavy (non-hydrogen) atoms. The number of esters is 1. The van der Waals surface area contributed by atoms with Gasteiger partial charge in [0, 0.05) is 45.0 Å². The Balaban J connectivity index is 1.33. The number of hydroxylamine groups is 1. The number of carbonyl (C=O) groups is 2. The lowest BCUT2D eigenvalue weighted by atomic mass is 9.94. The van der Waals surface area contributed by atoms with Crippen molar-refractivity contribution in [3.63, 3.8) is 0 Å². The van der Waals surface area contributed by atoms with E-state index in [1.54, 1.807) is 4.90 Å². The van der Waals surface area contributed by atoms with E-state index in [1.165, 1.54) is 4.90 Å². The second-order valence-corrected chi connectivity index (χ2v) is 9.61. The van der Waals surface area contributed by atoms with Crippen molar-refractivity contribution >= 4 is 23.8 Å². The van der Waals surface area contributed by atoms with Crippen molar-refractivity contribution < 1.29 is 32.2 Å². The van der Waals surface area contributed by atoms with Crippen molar-refractivity contribution in [3.8, 4) is 6.07 Å². The van der Waals surface area contributed by atoms with E-state index in [-0.39, 0.29) is 31.4 Å². The molecule has 0 radical (unpaired) electrons. The zero-order valence-electron chi connectivity index (χ0n) is 19.2. The second kappa shape index (κ2) is 12.9. The lowest BCUT2D eigenvalue weighted by molar-refractivity contribution is -0.206. The Morgan fingerprint density at radius 3 is 2.49 bits per heavy atom. The van der Waals surface area contributed by atoms with E-state index in [4.69, 9.17) is 4.74 Å². The molecule has 0 aromatic rings. The maximum absolute atomic E-state index is 12.5. The van der Waals surface area contributed by atoms with Crippen molar-refractivity contribution in [3.05, 3.63) is 5.21 Å². The minimum Gasteiger partial charge on any atom is -0.772 e. The number of likely N-dealkylation sites (tertiary alicyclic amines) is 1. The Labute approximate surface area is 206 Å². The number of nitrogens with zero attached hydrogens (tertiary/aromatic N) is 5. The van der Waals surface area contributed by atoms with Gasteiger partial charge in [0.1, 0.15) is 6.04 Å². The van der Waals surface area contributed by atoms with Crippen molar-refractivity contribution in [1.29, 1.82) is 5.26 Å². The molecule has 0 bridgehead atoms. The highest BCUT2D eigenvalue weighted by Gasteiger charge is 2.45. The van der Waals surface area contributed by atoms with Gasteiger partial charge in [0.2, 0.25) is 5.56 Å². The number of carbonyl (C=O) groups excluding carboxylic acids is 2. The Morgan fingerprint density at radius 1 is 1.20 bits per heavy atom. The summed E-state index contributed by atoms with van der Waals surface area (Å²) in [5.74, 6) is -1.80. The summed E-state index contributed by atoms with van der Waals surface area (Å²) in [5.41, 5.74) is 1.40. The van der Waals surface area contributed by atoms with Crippen LogP contribution in [0.4, 0.5) is 18.0 Å². The number of morpholine rings is 1. The highest BCUT2D eigenvalue weighted by atomic mass is 32.2. The third kappa shape index (κ3) is 8.09. The molecule has 3 aliphatic heterocycles. The second-order valence-electron chi connectivity index (χ2n) is 8.54. The average Bonchev–Trinajstić information content (AvgIpc) is 3.24. The number of urea groups is 1. The van der Waals surface area contributed by atoms with Crippen LogP contribution in [0.5, 0.6) is 0 Å². The van der Waals surface area contributed by atoms with Crippen LogP contribution in [0, 0.1) is 22.5 Å². The number of halogens is 3.